The lowest BCUT2D eigenvalue weighted by Crippen LogP contribution is -2.49. The Morgan fingerprint density at radius 2 is 1.59 bits per heavy atom. The summed E-state index contributed by atoms with van der Waals surface area (Å²) in [5.74, 6) is 0.302. The minimum absolute atomic E-state index is 0.0600. The third kappa shape index (κ3) is 2.57. The van der Waals surface area contributed by atoms with Crippen LogP contribution >= 0.6 is 0 Å². The minimum Gasteiger partial charge on any atom is -0.388 e. The molecule has 0 aromatic heterocycles. The number of benzene rings is 4. The van der Waals surface area contributed by atoms with Crippen molar-refractivity contribution in [1.29, 1.82) is 0 Å². The van der Waals surface area contributed by atoms with Crippen LogP contribution in [0, 0.1) is 0 Å². The Morgan fingerprint density at radius 3 is 2.41 bits per heavy atom. The fraction of sp³-hybridized carbons (Fsp3) is 0.200. The van der Waals surface area contributed by atoms with E-state index in [2.05, 4.69) is 37.4 Å². The first-order valence-corrected chi connectivity index (χ1v) is 11.0. The number of aliphatic hydroxyl groups is 4. The lowest BCUT2D eigenvalue weighted by atomic mass is 9.77. The van der Waals surface area contributed by atoms with Crippen LogP contribution in [0.1, 0.15) is 23.3 Å². The second kappa shape index (κ2) is 6.87. The Labute approximate surface area is 192 Å². The van der Waals surface area contributed by atoms with Gasteiger partial charge in [0.1, 0.15) is 30.4 Å². The van der Waals surface area contributed by atoms with Crippen LogP contribution in [0.25, 0.3) is 32.3 Å². The summed E-state index contributed by atoms with van der Waals surface area (Å²) >= 11 is 0. The Kier molecular flexibility index (Phi) is 3.98. The monoisotopic (exact) mass is 453 g/mol. The number of aliphatic imine (C=N–C) groups is 4. The van der Waals surface area contributed by atoms with Crippen molar-refractivity contribution in [3.05, 3.63) is 59.7 Å². The summed E-state index contributed by atoms with van der Waals surface area (Å²) < 4.78 is 0. The van der Waals surface area contributed by atoms with Gasteiger partial charge in [-0.05, 0) is 49.5 Å². The van der Waals surface area contributed by atoms with E-state index in [1.807, 2.05) is 36.4 Å². The Morgan fingerprint density at radius 1 is 0.824 bits per heavy atom. The Balaban J connectivity index is 1.47. The highest BCUT2D eigenvalue weighted by Crippen LogP contribution is 2.45. The third-order valence-electron chi connectivity index (χ3n) is 6.96. The van der Waals surface area contributed by atoms with Crippen molar-refractivity contribution in [1.82, 2.24) is 5.32 Å². The fourth-order valence-electron chi connectivity index (χ4n) is 5.40. The number of rotatable bonds is 1. The van der Waals surface area contributed by atoms with Crippen molar-refractivity contribution in [2.45, 2.75) is 30.6 Å². The molecule has 2 aliphatic heterocycles. The highest BCUT2D eigenvalue weighted by atomic mass is 16.4. The molecule has 168 valence electrons. The van der Waals surface area contributed by atoms with Gasteiger partial charge in [0.15, 0.2) is 12.1 Å². The first-order valence-electron chi connectivity index (χ1n) is 11.0. The molecule has 4 aromatic rings. The van der Waals surface area contributed by atoms with Gasteiger partial charge in [-0.2, -0.15) is 4.99 Å². The number of amidine groups is 1. The van der Waals surface area contributed by atoms with Crippen LogP contribution in [0.2, 0.25) is 0 Å². The zero-order valence-electron chi connectivity index (χ0n) is 17.7. The summed E-state index contributed by atoms with van der Waals surface area (Å²) in [5, 5.41) is 52.1. The molecule has 5 N–H and O–H groups in total. The molecule has 4 aromatic carbocycles. The molecular weight excluding hydrogens is 434 g/mol. The lowest BCUT2D eigenvalue weighted by Gasteiger charge is -2.39. The second-order valence-electron chi connectivity index (χ2n) is 8.80. The number of hydrogen-bond acceptors (Lipinski definition) is 9. The number of hydrogen-bond donors (Lipinski definition) is 5. The van der Waals surface area contributed by atoms with Crippen molar-refractivity contribution in [2.75, 3.05) is 0 Å². The molecule has 5 atom stereocenters. The van der Waals surface area contributed by atoms with Gasteiger partial charge in [-0.15, -0.1) is 0 Å². The van der Waals surface area contributed by atoms with Crippen molar-refractivity contribution in [2.24, 2.45) is 20.0 Å². The molecule has 9 nitrogen and oxygen atoms in total. The van der Waals surface area contributed by atoms with E-state index < -0.39 is 30.6 Å². The van der Waals surface area contributed by atoms with Crippen LogP contribution in [0.15, 0.2) is 68.5 Å². The van der Waals surface area contributed by atoms with Gasteiger partial charge in [0.25, 0.3) is 0 Å². The number of guanidine groups is 1. The topological polar surface area (TPSA) is 142 Å². The molecule has 0 bridgehead atoms. The summed E-state index contributed by atoms with van der Waals surface area (Å²) in [7, 11) is 0. The van der Waals surface area contributed by atoms with E-state index in [0.717, 1.165) is 32.3 Å². The van der Waals surface area contributed by atoms with Gasteiger partial charge in [-0.3, -0.25) is 0 Å². The molecule has 7 rings (SSSR count). The average molecular weight is 453 g/mol. The molecule has 3 aliphatic rings. The van der Waals surface area contributed by atoms with Gasteiger partial charge in [0.2, 0.25) is 5.96 Å². The van der Waals surface area contributed by atoms with Crippen molar-refractivity contribution < 1.29 is 20.4 Å². The molecule has 2 heterocycles. The zero-order valence-corrected chi connectivity index (χ0v) is 17.7. The molecular formula is C25H19N5O4. The largest absolute Gasteiger partial charge is 0.388 e. The summed E-state index contributed by atoms with van der Waals surface area (Å²) in [6.07, 6.45) is -4.00. The Hall–Kier alpha value is -3.76. The maximum Gasteiger partial charge on any atom is 0.223 e. The normalized spacial score (nSPS) is 28.1. The maximum absolute atomic E-state index is 11.0. The van der Waals surface area contributed by atoms with E-state index in [1.165, 1.54) is 6.34 Å². The molecule has 34 heavy (non-hydrogen) atoms. The van der Waals surface area contributed by atoms with Gasteiger partial charge in [-0.25, -0.2) is 15.0 Å². The van der Waals surface area contributed by atoms with Crippen molar-refractivity contribution >= 4 is 56.2 Å². The van der Waals surface area contributed by atoms with E-state index in [0.29, 0.717) is 11.1 Å². The summed E-state index contributed by atoms with van der Waals surface area (Å²) in [6, 6.07) is 15.2. The molecule has 0 radical (unpaired) electrons. The number of aliphatic hydroxyl groups excluding tert-OH is 4. The van der Waals surface area contributed by atoms with Crippen LogP contribution in [0.4, 0.5) is 0 Å². The predicted molar refractivity (Wildman–Crippen MR) is 130 cm³/mol. The highest BCUT2D eigenvalue weighted by Gasteiger charge is 2.43. The molecule has 0 spiro atoms. The van der Waals surface area contributed by atoms with E-state index in [4.69, 9.17) is 0 Å². The van der Waals surface area contributed by atoms with Crippen LogP contribution in [-0.4, -0.2) is 62.7 Å². The van der Waals surface area contributed by atoms with E-state index in [1.54, 1.807) is 0 Å². The summed E-state index contributed by atoms with van der Waals surface area (Å²) in [6.45, 7) is 0. The van der Waals surface area contributed by atoms with E-state index in [-0.39, 0.29) is 17.5 Å². The van der Waals surface area contributed by atoms with E-state index >= 15 is 0 Å². The zero-order chi connectivity index (χ0) is 23.1. The Bertz CT molecular complexity index is 1610. The predicted octanol–water partition coefficient (Wildman–Crippen LogP) is 1.55. The SMILES string of the molecule is OC1N=C(N[C@@H]2c3c(cc4ccc5cccc6ccc3c4c56)[C@H](O)[C@@H](O)[C@H]2O)N=C2N=CN=C21. The average Bonchev–Trinajstić information content (AvgIpc) is 3.33. The molecule has 9 heteroatoms. The van der Waals surface area contributed by atoms with Crippen LogP contribution in [0.5, 0.6) is 0 Å². The minimum atomic E-state index is -1.43. The third-order valence-corrected chi connectivity index (χ3v) is 6.96. The van der Waals surface area contributed by atoms with Crippen LogP contribution in [-0.2, 0) is 0 Å². The molecule has 0 saturated heterocycles. The lowest BCUT2D eigenvalue weighted by molar-refractivity contribution is -0.0821. The van der Waals surface area contributed by atoms with Gasteiger partial charge in [0.05, 0.1) is 6.04 Å². The van der Waals surface area contributed by atoms with Crippen LogP contribution in [0.3, 0.4) is 0 Å². The second-order valence-corrected chi connectivity index (χ2v) is 8.80. The standard InChI is InChI=1S/C25H19N5O4/c31-20-14-8-12-5-4-10-2-1-3-11-6-7-13(16(12)15(10)11)17(14)18(21(32)22(20)33)28-25-29-23-19(24(34)30-25)26-9-27-23/h1-9,18,20-22,24,31-34H,(H,28,30)/t18-,20+,21+,22-,24?/m1/s1. The summed E-state index contributed by atoms with van der Waals surface area (Å²) in [4.78, 5) is 16.5. The van der Waals surface area contributed by atoms with E-state index in [9.17, 15) is 20.4 Å². The smallest absolute Gasteiger partial charge is 0.223 e. The first-order chi connectivity index (χ1) is 16.5. The summed E-state index contributed by atoms with van der Waals surface area (Å²) in [5.41, 5.74) is 1.43. The highest BCUT2D eigenvalue weighted by molar-refractivity contribution is 6.49. The molecule has 0 saturated carbocycles. The number of fused-ring (bicyclic) bond motifs is 3. The number of nitrogens with one attached hydrogen (secondary N) is 1. The molecule has 0 amide bonds. The molecule has 1 unspecified atom stereocenters. The van der Waals surface area contributed by atoms with Gasteiger partial charge in [0, 0.05) is 0 Å². The maximum atomic E-state index is 11.0. The fourth-order valence-corrected chi connectivity index (χ4v) is 5.40. The van der Waals surface area contributed by atoms with Crippen molar-refractivity contribution in [3.63, 3.8) is 0 Å². The van der Waals surface area contributed by atoms with Crippen LogP contribution < -0.4 is 5.32 Å². The van der Waals surface area contributed by atoms with Gasteiger partial charge < -0.3 is 25.7 Å². The molecule has 1 aliphatic carbocycles. The van der Waals surface area contributed by atoms with Crippen molar-refractivity contribution in [3.8, 4) is 0 Å². The quantitative estimate of drug-likeness (QED) is 0.278. The first kappa shape index (κ1) is 19.7. The molecule has 0 fully saturated rings. The van der Waals surface area contributed by atoms with Gasteiger partial charge in [-0.1, -0.05) is 42.5 Å². The number of nitrogens with zero attached hydrogens (tertiary/aromatic N) is 4. The van der Waals surface area contributed by atoms with Gasteiger partial charge >= 0.3 is 0 Å².